The molecule has 1 aromatic rings. The first-order chi connectivity index (χ1) is 10.0. The quantitative estimate of drug-likeness (QED) is 0.900. The minimum absolute atomic E-state index is 0.127. The van der Waals surface area contributed by atoms with E-state index in [9.17, 15) is 9.90 Å². The first kappa shape index (κ1) is 15.7. The molecule has 116 valence electrons. The topological polar surface area (TPSA) is 66.3 Å². The molecule has 2 rings (SSSR count). The van der Waals surface area contributed by atoms with Gasteiger partial charge in [0.15, 0.2) is 5.69 Å². The second-order valence-electron chi connectivity index (χ2n) is 6.00. The summed E-state index contributed by atoms with van der Waals surface area (Å²) < 4.78 is 0. The fraction of sp³-hybridized carbons (Fsp3) is 0.688. The predicted octanol–water partition coefficient (Wildman–Crippen LogP) is 3.46. The van der Waals surface area contributed by atoms with E-state index >= 15 is 0 Å². The first-order valence-corrected chi connectivity index (χ1v) is 7.91. The number of carboxylic acids is 1. The third-order valence-corrected chi connectivity index (χ3v) is 4.17. The summed E-state index contributed by atoms with van der Waals surface area (Å²) in [5.74, 6) is -0.249. The van der Waals surface area contributed by atoms with Crippen molar-refractivity contribution in [1.82, 2.24) is 9.97 Å². The fourth-order valence-corrected chi connectivity index (χ4v) is 3.05. The predicted molar refractivity (Wildman–Crippen MR) is 83.0 cm³/mol. The Kier molecular flexibility index (Phi) is 5.15. The highest BCUT2D eigenvalue weighted by Gasteiger charge is 2.25. The molecule has 0 radical (unpaired) electrons. The number of carbonyl (C=O) groups is 1. The Hall–Kier alpha value is -1.65. The van der Waals surface area contributed by atoms with Crippen molar-refractivity contribution >= 4 is 11.7 Å². The summed E-state index contributed by atoms with van der Waals surface area (Å²) >= 11 is 0. The van der Waals surface area contributed by atoms with Crippen LogP contribution in [0.15, 0.2) is 6.20 Å². The van der Waals surface area contributed by atoms with Gasteiger partial charge < -0.3 is 10.0 Å². The molecule has 0 aromatic carbocycles. The highest BCUT2D eigenvalue weighted by molar-refractivity contribution is 5.92. The molecule has 1 heterocycles. The summed E-state index contributed by atoms with van der Waals surface area (Å²) in [6, 6.07) is 0.412. The average Bonchev–Trinajstić information content (AvgIpc) is 2.49. The molecular formula is C16H25N3O2. The van der Waals surface area contributed by atoms with Crippen molar-refractivity contribution in [3.8, 4) is 0 Å². The van der Waals surface area contributed by atoms with Crippen LogP contribution in [0.5, 0.6) is 0 Å². The van der Waals surface area contributed by atoms with Crippen LogP contribution in [0.3, 0.4) is 0 Å². The van der Waals surface area contributed by atoms with Gasteiger partial charge in [0.1, 0.15) is 5.82 Å². The van der Waals surface area contributed by atoms with Gasteiger partial charge in [0.05, 0.1) is 11.9 Å². The summed E-state index contributed by atoms with van der Waals surface area (Å²) in [5, 5.41) is 9.50. The number of carboxylic acid groups (broad SMARTS) is 1. The van der Waals surface area contributed by atoms with Gasteiger partial charge in [-0.1, -0.05) is 33.1 Å². The summed E-state index contributed by atoms with van der Waals surface area (Å²) in [6.07, 6.45) is 7.66. The fourth-order valence-electron chi connectivity index (χ4n) is 3.05. The van der Waals surface area contributed by atoms with Crippen molar-refractivity contribution < 1.29 is 9.90 Å². The van der Waals surface area contributed by atoms with Crippen molar-refractivity contribution in [2.24, 2.45) is 0 Å². The molecule has 1 aliphatic carbocycles. The van der Waals surface area contributed by atoms with Crippen LogP contribution in [0, 0.1) is 0 Å². The van der Waals surface area contributed by atoms with Crippen LogP contribution in [0.25, 0.3) is 0 Å². The van der Waals surface area contributed by atoms with Crippen molar-refractivity contribution in [2.75, 3.05) is 11.4 Å². The lowest BCUT2D eigenvalue weighted by Crippen LogP contribution is -2.38. The Balaban J connectivity index is 2.37. The zero-order valence-electron chi connectivity index (χ0n) is 13.2. The highest BCUT2D eigenvalue weighted by atomic mass is 16.4. The third-order valence-electron chi connectivity index (χ3n) is 4.17. The van der Waals surface area contributed by atoms with E-state index in [1.54, 1.807) is 6.20 Å². The van der Waals surface area contributed by atoms with Crippen LogP contribution in [0.1, 0.15) is 75.1 Å². The lowest BCUT2D eigenvalue weighted by molar-refractivity contribution is 0.0690. The SMILES string of the molecule is CCN(c1cnc(C(C)C)nc1C(=O)O)C1CCCCC1. The van der Waals surface area contributed by atoms with Crippen LogP contribution >= 0.6 is 0 Å². The molecule has 5 nitrogen and oxygen atoms in total. The second kappa shape index (κ2) is 6.87. The van der Waals surface area contributed by atoms with Gasteiger partial charge in [-0.05, 0) is 19.8 Å². The van der Waals surface area contributed by atoms with Crippen molar-refractivity contribution in [3.63, 3.8) is 0 Å². The number of aromatic carboxylic acids is 1. The summed E-state index contributed by atoms with van der Waals surface area (Å²) in [5.41, 5.74) is 0.808. The highest BCUT2D eigenvalue weighted by Crippen LogP contribution is 2.29. The van der Waals surface area contributed by atoms with Gasteiger partial charge in [-0.25, -0.2) is 14.8 Å². The lowest BCUT2D eigenvalue weighted by atomic mass is 9.93. The molecule has 21 heavy (non-hydrogen) atoms. The lowest BCUT2D eigenvalue weighted by Gasteiger charge is -2.35. The Morgan fingerprint density at radius 2 is 2.05 bits per heavy atom. The number of aromatic nitrogens is 2. The van der Waals surface area contributed by atoms with Crippen LogP contribution in [-0.4, -0.2) is 33.6 Å². The standard InChI is InChI=1S/C16H25N3O2/c1-4-19(12-8-6-5-7-9-12)13-10-17-15(11(2)3)18-14(13)16(20)21/h10-12H,4-9H2,1-3H3,(H,20,21). The van der Waals surface area contributed by atoms with Gasteiger partial charge >= 0.3 is 5.97 Å². The molecule has 0 amide bonds. The molecule has 1 aliphatic rings. The largest absolute Gasteiger partial charge is 0.476 e. The number of rotatable bonds is 5. The molecule has 1 aromatic heterocycles. The monoisotopic (exact) mass is 291 g/mol. The van der Waals surface area contributed by atoms with E-state index in [-0.39, 0.29) is 11.6 Å². The van der Waals surface area contributed by atoms with Gasteiger partial charge in [0.25, 0.3) is 0 Å². The van der Waals surface area contributed by atoms with Gasteiger partial charge in [-0.2, -0.15) is 0 Å². The van der Waals surface area contributed by atoms with E-state index in [0.29, 0.717) is 17.6 Å². The summed E-state index contributed by atoms with van der Waals surface area (Å²) in [7, 11) is 0. The Morgan fingerprint density at radius 1 is 1.38 bits per heavy atom. The molecule has 5 heteroatoms. The molecule has 1 saturated carbocycles. The molecule has 0 spiro atoms. The smallest absolute Gasteiger partial charge is 0.356 e. The minimum Gasteiger partial charge on any atom is -0.476 e. The molecule has 0 aliphatic heterocycles. The number of anilines is 1. The summed E-state index contributed by atoms with van der Waals surface area (Å²) in [4.78, 5) is 22.4. The van der Waals surface area contributed by atoms with Crippen molar-refractivity contribution in [2.45, 2.75) is 64.8 Å². The van der Waals surface area contributed by atoms with E-state index in [2.05, 4.69) is 21.8 Å². The average molecular weight is 291 g/mol. The van der Waals surface area contributed by atoms with E-state index in [4.69, 9.17) is 0 Å². The Morgan fingerprint density at radius 3 is 2.57 bits per heavy atom. The van der Waals surface area contributed by atoms with Gasteiger partial charge in [0, 0.05) is 18.5 Å². The number of nitrogens with zero attached hydrogens (tertiary/aromatic N) is 3. The van der Waals surface area contributed by atoms with Crippen molar-refractivity contribution in [3.05, 3.63) is 17.7 Å². The van der Waals surface area contributed by atoms with E-state index in [1.165, 1.54) is 19.3 Å². The molecule has 0 saturated heterocycles. The van der Waals surface area contributed by atoms with Crippen LogP contribution in [0.4, 0.5) is 5.69 Å². The molecule has 1 N–H and O–H groups in total. The minimum atomic E-state index is -0.969. The van der Waals surface area contributed by atoms with Gasteiger partial charge in [-0.3, -0.25) is 0 Å². The number of hydrogen-bond acceptors (Lipinski definition) is 4. The first-order valence-electron chi connectivity index (χ1n) is 7.91. The van der Waals surface area contributed by atoms with Crippen molar-refractivity contribution in [1.29, 1.82) is 0 Å². The molecule has 0 bridgehead atoms. The third kappa shape index (κ3) is 3.52. The zero-order valence-corrected chi connectivity index (χ0v) is 13.2. The summed E-state index contributed by atoms with van der Waals surface area (Å²) in [6.45, 7) is 6.80. The Labute approximate surface area is 126 Å². The molecule has 0 unspecified atom stereocenters. The van der Waals surface area contributed by atoms with Crippen LogP contribution in [-0.2, 0) is 0 Å². The van der Waals surface area contributed by atoms with Crippen LogP contribution in [0.2, 0.25) is 0 Å². The van der Waals surface area contributed by atoms with E-state index in [0.717, 1.165) is 19.4 Å². The van der Waals surface area contributed by atoms with Gasteiger partial charge in [-0.15, -0.1) is 0 Å². The van der Waals surface area contributed by atoms with Gasteiger partial charge in [0.2, 0.25) is 0 Å². The maximum absolute atomic E-state index is 11.6. The number of hydrogen-bond donors (Lipinski definition) is 1. The van der Waals surface area contributed by atoms with E-state index in [1.807, 2.05) is 13.8 Å². The zero-order chi connectivity index (χ0) is 15.4. The molecule has 0 atom stereocenters. The second-order valence-corrected chi connectivity index (χ2v) is 6.00. The molecular weight excluding hydrogens is 266 g/mol. The maximum Gasteiger partial charge on any atom is 0.356 e. The molecule has 1 fully saturated rings. The van der Waals surface area contributed by atoms with E-state index < -0.39 is 5.97 Å². The Bertz CT molecular complexity index is 496. The normalized spacial score (nSPS) is 16.2. The maximum atomic E-state index is 11.6. The van der Waals surface area contributed by atoms with Crippen LogP contribution < -0.4 is 4.90 Å².